The number of nitriles is 1. The third-order valence-corrected chi connectivity index (χ3v) is 5.55. The van der Waals surface area contributed by atoms with E-state index in [9.17, 15) is 22.7 Å². The molecule has 0 radical (unpaired) electrons. The van der Waals surface area contributed by atoms with E-state index in [1.54, 1.807) is 6.07 Å². The number of aliphatic hydroxyl groups is 1. The van der Waals surface area contributed by atoms with E-state index in [1.807, 2.05) is 0 Å². The van der Waals surface area contributed by atoms with Crippen LogP contribution >= 0.6 is 0 Å². The number of nitrogens with zero attached hydrogens (tertiary/aromatic N) is 2. The molecule has 3 rings (SSSR count). The maximum Gasteiger partial charge on any atom is 0.272 e. The van der Waals surface area contributed by atoms with Crippen molar-refractivity contribution in [2.24, 2.45) is 7.05 Å². The van der Waals surface area contributed by atoms with Gasteiger partial charge in [-0.05, 0) is 18.2 Å². The Bertz CT molecular complexity index is 1100. The average molecular weight is 390 g/mol. The van der Waals surface area contributed by atoms with Gasteiger partial charge < -0.3 is 15.0 Å². The molecule has 10 heteroatoms. The molecule has 0 fully saturated rings. The van der Waals surface area contributed by atoms with E-state index in [0.29, 0.717) is 0 Å². The van der Waals surface area contributed by atoms with Crippen molar-refractivity contribution in [3.05, 3.63) is 53.1 Å². The van der Waals surface area contributed by atoms with Gasteiger partial charge >= 0.3 is 0 Å². The predicted octanol–water partition coefficient (Wildman–Crippen LogP) is 0.954. The van der Waals surface area contributed by atoms with Crippen LogP contribution in [-0.2, 0) is 17.1 Å². The van der Waals surface area contributed by atoms with Crippen molar-refractivity contribution in [1.82, 2.24) is 9.29 Å². The smallest absolute Gasteiger partial charge is 0.272 e. The topological polar surface area (TPSA) is 124 Å². The first-order valence-corrected chi connectivity index (χ1v) is 9.27. The number of aryl methyl sites for hydroxylation is 1. The van der Waals surface area contributed by atoms with Gasteiger partial charge in [-0.1, -0.05) is 12.2 Å². The molecule has 8 nitrogen and oxygen atoms in total. The number of rotatable bonds is 3. The Kier molecular flexibility index (Phi) is 4.84. The number of fused-ring (bicyclic) bond motifs is 1. The van der Waals surface area contributed by atoms with Crippen LogP contribution in [0, 0.1) is 17.1 Å². The van der Waals surface area contributed by atoms with Crippen molar-refractivity contribution in [1.29, 1.82) is 5.26 Å². The summed E-state index contributed by atoms with van der Waals surface area (Å²) in [4.78, 5) is 12.6. The number of hydrogen-bond acceptors (Lipinski definition) is 5. The highest BCUT2D eigenvalue weighted by Gasteiger charge is 2.30. The first-order chi connectivity index (χ1) is 12.8. The minimum absolute atomic E-state index is 0.0630. The number of nitrogens with one attached hydrogen (secondary N) is 2. The maximum absolute atomic E-state index is 13.4. The fourth-order valence-corrected chi connectivity index (χ4v) is 4.20. The van der Waals surface area contributed by atoms with Gasteiger partial charge in [0.15, 0.2) is 0 Å². The van der Waals surface area contributed by atoms with Crippen molar-refractivity contribution in [3.8, 4) is 6.07 Å². The van der Waals surface area contributed by atoms with Crippen LogP contribution in [0.2, 0.25) is 0 Å². The minimum atomic E-state index is -3.93. The Labute approximate surface area is 154 Å². The van der Waals surface area contributed by atoms with Crippen LogP contribution < -0.4 is 10.0 Å². The van der Waals surface area contributed by atoms with Crippen LogP contribution in [0.1, 0.15) is 21.6 Å². The fourth-order valence-electron chi connectivity index (χ4n) is 2.77. The molecule has 1 aliphatic heterocycles. The van der Waals surface area contributed by atoms with E-state index in [4.69, 9.17) is 5.26 Å². The lowest BCUT2D eigenvalue weighted by Crippen LogP contribution is -2.35. The number of carbonyl (C=O) groups is 1. The second-order valence-corrected chi connectivity index (χ2v) is 7.58. The molecule has 0 unspecified atom stereocenters. The van der Waals surface area contributed by atoms with Crippen LogP contribution in [0.25, 0.3) is 6.08 Å². The molecule has 0 saturated heterocycles. The van der Waals surface area contributed by atoms with Gasteiger partial charge in [0.05, 0.1) is 18.2 Å². The molecular weight excluding hydrogens is 375 g/mol. The SMILES string of the molecule is Cn1cc2c(c1C(=O)Nc1ccc(F)c(C#N)c1)C=C[C@H](CO)NS2(=O)=O. The van der Waals surface area contributed by atoms with Gasteiger partial charge in [-0.25, -0.2) is 17.5 Å². The number of benzene rings is 1. The van der Waals surface area contributed by atoms with Gasteiger partial charge in [0.2, 0.25) is 10.0 Å². The van der Waals surface area contributed by atoms with E-state index in [2.05, 4.69) is 10.0 Å². The van der Waals surface area contributed by atoms with Crippen molar-refractivity contribution < 1.29 is 22.7 Å². The Morgan fingerprint density at radius 1 is 1.48 bits per heavy atom. The Morgan fingerprint density at radius 3 is 2.89 bits per heavy atom. The second kappa shape index (κ2) is 6.96. The fraction of sp³-hybridized carbons (Fsp3) is 0.176. The molecule has 1 aliphatic rings. The molecule has 1 aromatic carbocycles. The molecule has 0 aliphatic carbocycles. The molecule has 27 heavy (non-hydrogen) atoms. The molecule has 140 valence electrons. The Morgan fingerprint density at radius 2 is 2.22 bits per heavy atom. The van der Waals surface area contributed by atoms with Crippen LogP contribution in [-0.4, -0.2) is 36.6 Å². The van der Waals surface area contributed by atoms with Crippen molar-refractivity contribution in [2.75, 3.05) is 11.9 Å². The summed E-state index contributed by atoms with van der Waals surface area (Å²) in [6.45, 7) is -0.430. The van der Waals surface area contributed by atoms with Crippen LogP contribution in [0.15, 0.2) is 35.4 Å². The molecule has 2 heterocycles. The standard InChI is InChI=1S/C17H15FN4O4S/c1-22-8-15-13(4-2-12(9-23)21-27(15,25)26)16(22)17(24)20-11-3-5-14(18)10(6-11)7-19/h2-6,8,12,21,23H,9H2,1H3,(H,20,24)/t12-/m1/s1. The summed E-state index contributed by atoms with van der Waals surface area (Å²) in [6.07, 6.45) is 4.20. The zero-order chi connectivity index (χ0) is 19.8. The first-order valence-electron chi connectivity index (χ1n) is 7.78. The zero-order valence-corrected chi connectivity index (χ0v) is 14.9. The lowest BCUT2D eigenvalue weighted by atomic mass is 10.1. The largest absolute Gasteiger partial charge is 0.394 e. The first kappa shape index (κ1) is 18.8. The third-order valence-electron chi connectivity index (χ3n) is 4.03. The molecule has 1 atom stereocenters. The summed E-state index contributed by atoms with van der Waals surface area (Å²) in [5.74, 6) is -1.34. The summed E-state index contributed by atoms with van der Waals surface area (Å²) in [7, 11) is -2.41. The minimum Gasteiger partial charge on any atom is -0.394 e. The van der Waals surface area contributed by atoms with Gasteiger partial charge in [-0.2, -0.15) is 5.26 Å². The average Bonchev–Trinajstić information content (AvgIpc) is 2.91. The molecule has 1 aromatic heterocycles. The highest BCUT2D eigenvalue weighted by Crippen LogP contribution is 2.27. The normalized spacial score (nSPS) is 17.6. The number of hydrogen-bond donors (Lipinski definition) is 3. The molecule has 0 saturated carbocycles. The summed E-state index contributed by atoms with van der Waals surface area (Å²) >= 11 is 0. The number of halogens is 1. The molecule has 0 spiro atoms. The molecule has 0 bridgehead atoms. The van der Waals surface area contributed by atoms with Crippen molar-refractivity contribution in [2.45, 2.75) is 10.9 Å². The maximum atomic E-state index is 13.4. The van der Waals surface area contributed by atoms with Crippen LogP contribution in [0.5, 0.6) is 0 Å². The number of sulfonamides is 1. The Hall–Kier alpha value is -3.00. The van der Waals surface area contributed by atoms with Gasteiger partial charge in [0.25, 0.3) is 5.91 Å². The lowest BCUT2D eigenvalue weighted by molar-refractivity contribution is 0.101. The number of amides is 1. The molecular formula is C17H15FN4O4S. The molecule has 2 aromatic rings. The van der Waals surface area contributed by atoms with E-state index < -0.39 is 34.4 Å². The monoisotopic (exact) mass is 390 g/mol. The van der Waals surface area contributed by atoms with Crippen LogP contribution in [0.3, 0.4) is 0 Å². The van der Waals surface area contributed by atoms with E-state index in [0.717, 1.165) is 6.07 Å². The summed E-state index contributed by atoms with van der Waals surface area (Å²) in [5.41, 5.74) is 0.199. The van der Waals surface area contributed by atoms with E-state index in [-0.39, 0.29) is 27.4 Å². The van der Waals surface area contributed by atoms with Crippen LogP contribution in [0.4, 0.5) is 10.1 Å². The predicted molar refractivity (Wildman–Crippen MR) is 94.7 cm³/mol. The Balaban J connectivity index is 2.02. The summed E-state index contributed by atoms with van der Waals surface area (Å²) in [6, 6.07) is 4.41. The molecule has 3 N–H and O–H groups in total. The highest BCUT2D eigenvalue weighted by atomic mass is 32.2. The van der Waals surface area contributed by atoms with Gasteiger partial charge in [0, 0.05) is 24.5 Å². The number of anilines is 1. The quantitative estimate of drug-likeness (QED) is 0.720. The lowest BCUT2D eigenvalue weighted by Gasteiger charge is -2.09. The van der Waals surface area contributed by atoms with E-state index in [1.165, 1.54) is 42.1 Å². The number of aliphatic hydroxyl groups excluding tert-OH is 1. The summed E-state index contributed by atoms with van der Waals surface area (Å²) in [5, 5.41) is 20.7. The van der Waals surface area contributed by atoms with Gasteiger partial charge in [-0.3, -0.25) is 4.79 Å². The third kappa shape index (κ3) is 3.48. The van der Waals surface area contributed by atoms with E-state index >= 15 is 0 Å². The van der Waals surface area contributed by atoms with Gasteiger partial charge in [-0.15, -0.1) is 0 Å². The number of aromatic nitrogens is 1. The van der Waals surface area contributed by atoms with Crippen molar-refractivity contribution in [3.63, 3.8) is 0 Å². The zero-order valence-electron chi connectivity index (χ0n) is 14.1. The molecule has 1 amide bonds. The number of carbonyl (C=O) groups excluding carboxylic acids is 1. The highest BCUT2D eigenvalue weighted by molar-refractivity contribution is 7.89. The van der Waals surface area contributed by atoms with Gasteiger partial charge in [0.1, 0.15) is 22.5 Å². The van der Waals surface area contributed by atoms with Crippen molar-refractivity contribution >= 4 is 27.7 Å². The second-order valence-electron chi connectivity index (χ2n) is 5.90. The summed E-state index contributed by atoms with van der Waals surface area (Å²) < 4.78 is 42.0.